The lowest BCUT2D eigenvalue weighted by atomic mass is 9.99. The molecule has 0 radical (unpaired) electrons. The minimum Gasteiger partial charge on any atom is -0.313 e. The van der Waals surface area contributed by atoms with Gasteiger partial charge in [-0.05, 0) is 70.9 Å². The quantitative estimate of drug-likeness (QED) is 0.756. The summed E-state index contributed by atoms with van der Waals surface area (Å²) >= 11 is 6.55. The Labute approximate surface area is 133 Å². The molecule has 0 amide bonds. The Balaban J connectivity index is 2.28. The second-order valence-corrected chi connectivity index (χ2v) is 6.16. The number of rotatable bonds is 4. The molecule has 0 aliphatic rings. The van der Waals surface area contributed by atoms with E-state index >= 15 is 0 Å². The normalized spacial score (nSPS) is 12.4. The van der Waals surface area contributed by atoms with Crippen LogP contribution in [0.4, 0.5) is 8.78 Å². The summed E-state index contributed by atoms with van der Waals surface area (Å²) in [5, 5.41) is 3.13. The third kappa shape index (κ3) is 3.65. The van der Waals surface area contributed by atoms with E-state index < -0.39 is 0 Å². The molecule has 20 heavy (non-hydrogen) atoms. The van der Waals surface area contributed by atoms with Crippen LogP contribution in [0.1, 0.15) is 17.2 Å². The van der Waals surface area contributed by atoms with Crippen LogP contribution in [0.2, 0.25) is 0 Å². The van der Waals surface area contributed by atoms with Crippen molar-refractivity contribution < 1.29 is 8.78 Å². The van der Waals surface area contributed by atoms with Crippen LogP contribution in [-0.4, -0.2) is 7.05 Å². The zero-order valence-corrected chi connectivity index (χ0v) is 13.9. The summed E-state index contributed by atoms with van der Waals surface area (Å²) < 4.78 is 28.2. The van der Waals surface area contributed by atoms with Gasteiger partial charge in [0.05, 0.1) is 4.47 Å². The van der Waals surface area contributed by atoms with Gasteiger partial charge in [0.1, 0.15) is 11.6 Å². The molecule has 5 heteroatoms. The van der Waals surface area contributed by atoms with Gasteiger partial charge in [-0.3, -0.25) is 0 Å². The first kappa shape index (κ1) is 15.6. The molecule has 0 saturated heterocycles. The molecule has 1 N–H and O–H groups in total. The Morgan fingerprint density at radius 2 is 1.75 bits per heavy atom. The van der Waals surface area contributed by atoms with Crippen LogP contribution in [-0.2, 0) is 6.42 Å². The topological polar surface area (TPSA) is 12.0 Å². The highest BCUT2D eigenvalue weighted by atomic mass is 79.9. The van der Waals surface area contributed by atoms with Crippen molar-refractivity contribution in [2.75, 3.05) is 7.05 Å². The van der Waals surface area contributed by atoms with E-state index in [1.165, 1.54) is 18.2 Å². The van der Waals surface area contributed by atoms with Crippen molar-refractivity contribution in [2.45, 2.75) is 12.5 Å². The maximum absolute atomic E-state index is 13.6. The SMILES string of the molecule is CNC(Cc1cc(F)ccc1Br)c1ccc(Br)c(F)c1. The average Bonchev–Trinajstić information content (AvgIpc) is 2.43. The molecule has 0 saturated carbocycles. The van der Waals surface area contributed by atoms with Gasteiger partial charge in [0.15, 0.2) is 0 Å². The Bertz CT molecular complexity index is 617. The van der Waals surface area contributed by atoms with E-state index in [2.05, 4.69) is 37.2 Å². The second kappa shape index (κ2) is 6.78. The molecule has 2 rings (SSSR count). The highest BCUT2D eigenvalue weighted by Crippen LogP contribution is 2.26. The van der Waals surface area contributed by atoms with Gasteiger partial charge < -0.3 is 5.32 Å². The maximum Gasteiger partial charge on any atom is 0.137 e. The molecule has 0 spiro atoms. The molecule has 0 fully saturated rings. The molecule has 2 aromatic carbocycles. The van der Waals surface area contributed by atoms with E-state index in [1.54, 1.807) is 19.2 Å². The summed E-state index contributed by atoms with van der Waals surface area (Å²) in [4.78, 5) is 0. The molecule has 1 unspecified atom stereocenters. The van der Waals surface area contributed by atoms with Crippen LogP contribution < -0.4 is 5.32 Å². The van der Waals surface area contributed by atoms with Crippen molar-refractivity contribution in [2.24, 2.45) is 0 Å². The van der Waals surface area contributed by atoms with Gasteiger partial charge in [-0.25, -0.2) is 8.78 Å². The van der Waals surface area contributed by atoms with Gasteiger partial charge in [0, 0.05) is 10.5 Å². The summed E-state index contributed by atoms with van der Waals surface area (Å²) in [5.74, 6) is -0.582. The first-order chi connectivity index (χ1) is 9.51. The molecule has 1 nitrogen and oxygen atoms in total. The Morgan fingerprint density at radius 1 is 1.05 bits per heavy atom. The van der Waals surface area contributed by atoms with E-state index in [0.717, 1.165) is 15.6 Å². The van der Waals surface area contributed by atoms with E-state index in [0.29, 0.717) is 10.9 Å². The molecule has 0 aliphatic carbocycles. The van der Waals surface area contributed by atoms with E-state index in [9.17, 15) is 8.78 Å². The van der Waals surface area contributed by atoms with Crippen LogP contribution in [0, 0.1) is 11.6 Å². The van der Waals surface area contributed by atoms with E-state index in [1.807, 2.05) is 6.07 Å². The van der Waals surface area contributed by atoms with Gasteiger partial charge in [-0.1, -0.05) is 22.0 Å². The third-order valence-electron chi connectivity index (χ3n) is 3.13. The van der Waals surface area contributed by atoms with Crippen molar-refractivity contribution in [3.63, 3.8) is 0 Å². The second-order valence-electron chi connectivity index (χ2n) is 4.45. The van der Waals surface area contributed by atoms with Crippen LogP contribution in [0.5, 0.6) is 0 Å². The van der Waals surface area contributed by atoms with Crippen LogP contribution in [0.25, 0.3) is 0 Å². The first-order valence-electron chi connectivity index (χ1n) is 6.07. The minimum absolute atomic E-state index is 0.0873. The van der Waals surface area contributed by atoms with Gasteiger partial charge >= 0.3 is 0 Å². The fraction of sp³-hybridized carbons (Fsp3) is 0.200. The molecule has 0 aromatic heterocycles. The number of hydrogen-bond acceptors (Lipinski definition) is 1. The maximum atomic E-state index is 13.6. The zero-order chi connectivity index (χ0) is 14.7. The summed E-state index contributed by atoms with van der Waals surface area (Å²) in [7, 11) is 1.80. The first-order valence-corrected chi connectivity index (χ1v) is 7.66. The fourth-order valence-corrected chi connectivity index (χ4v) is 2.69. The molecule has 0 aliphatic heterocycles. The van der Waals surface area contributed by atoms with Gasteiger partial charge in [0.25, 0.3) is 0 Å². The Morgan fingerprint density at radius 3 is 2.40 bits per heavy atom. The fourth-order valence-electron chi connectivity index (χ4n) is 2.04. The standard InChI is InChI=1S/C15H13Br2F2N/c1-20-15(9-2-4-13(17)14(19)7-9)8-10-6-11(18)3-5-12(10)16/h2-7,15,20H,8H2,1H3. The highest BCUT2D eigenvalue weighted by Gasteiger charge is 2.14. The molecule has 0 heterocycles. The van der Waals surface area contributed by atoms with E-state index in [4.69, 9.17) is 0 Å². The lowest BCUT2D eigenvalue weighted by molar-refractivity contribution is 0.570. The highest BCUT2D eigenvalue weighted by molar-refractivity contribution is 9.10. The number of hydrogen-bond donors (Lipinski definition) is 1. The number of likely N-dealkylation sites (N-methyl/N-ethyl adjacent to an activating group) is 1. The Hall–Kier alpha value is -0.780. The van der Waals surface area contributed by atoms with Crippen LogP contribution in [0.3, 0.4) is 0 Å². The summed E-state index contributed by atoms with van der Waals surface area (Å²) in [6, 6.07) is 9.50. The van der Waals surface area contributed by atoms with Crippen molar-refractivity contribution in [1.82, 2.24) is 5.32 Å². The van der Waals surface area contributed by atoms with Crippen molar-refractivity contribution >= 4 is 31.9 Å². The monoisotopic (exact) mass is 403 g/mol. The molecule has 0 bridgehead atoms. The van der Waals surface area contributed by atoms with Gasteiger partial charge in [-0.15, -0.1) is 0 Å². The largest absolute Gasteiger partial charge is 0.313 e. The molecular formula is C15H13Br2F2N. The van der Waals surface area contributed by atoms with Crippen LogP contribution >= 0.6 is 31.9 Å². The predicted octanol–water partition coefficient (Wildman–Crippen LogP) is 4.99. The van der Waals surface area contributed by atoms with Crippen molar-refractivity contribution in [1.29, 1.82) is 0 Å². The lowest BCUT2D eigenvalue weighted by Gasteiger charge is -2.18. The average molecular weight is 405 g/mol. The predicted molar refractivity (Wildman–Crippen MR) is 83.7 cm³/mol. The minimum atomic E-state index is -0.305. The molecule has 1 atom stereocenters. The number of nitrogens with one attached hydrogen (secondary N) is 1. The Kier molecular flexibility index (Phi) is 5.29. The summed E-state index contributed by atoms with van der Waals surface area (Å²) in [6.07, 6.45) is 0.565. The van der Waals surface area contributed by atoms with Crippen molar-refractivity contribution in [3.05, 3.63) is 68.1 Å². The van der Waals surface area contributed by atoms with Crippen LogP contribution in [0.15, 0.2) is 45.3 Å². The zero-order valence-electron chi connectivity index (χ0n) is 10.8. The molecule has 2 aromatic rings. The number of halogens is 4. The summed E-state index contributed by atoms with van der Waals surface area (Å²) in [6.45, 7) is 0. The lowest BCUT2D eigenvalue weighted by Crippen LogP contribution is -2.19. The summed E-state index contributed by atoms with van der Waals surface area (Å²) in [5.41, 5.74) is 1.66. The number of benzene rings is 2. The van der Waals surface area contributed by atoms with Gasteiger partial charge in [0.2, 0.25) is 0 Å². The van der Waals surface area contributed by atoms with Gasteiger partial charge in [-0.2, -0.15) is 0 Å². The molecular weight excluding hydrogens is 392 g/mol. The third-order valence-corrected chi connectivity index (χ3v) is 4.54. The molecule has 106 valence electrons. The smallest absolute Gasteiger partial charge is 0.137 e. The van der Waals surface area contributed by atoms with E-state index in [-0.39, 0.29) is 17.7 Å². The van der Waals surface area contributed by atoms with Crippen molar-refractivity contribution in [3.8, 4) is 0 Å².